The van der Waals surface area contributed by atoms with Crippen molar-refractivity contribution in [1.29, 1.82) is 0 Å². The minimum absolute atomic E-state index is 1.18. The van der Waals surface area contributed by atoms with Crippen LogP contribution in [0.4, 0.5) is 0 Å². The summed E-state index contributed by atoms with van der Waals surface area (Å²) < 4.78 is 4.96. The maximum Gasteiger partial charge on any atom is 0.0541 e. The molecular weight excluding hydrogens is 556 g/mol. The van der Waals surface area contributed by atoms with Gasteiger partial charge in [0.25, 0.3) is 0 Å². The molecule has 0 amide bonds. The molecule has 1 heterocycles. The largest absolute Gasteiger partial charge is 0.309 e. The first-order valence-electron chi connectivity index (χ1n) is 9.66. The number of nitrogens with zero attached hydrogens (tertiary/aromatic N) is 1. The first-order chi connectivity index (χ1) is 13.2. The van der Waals surface area contributed by atoms with Crippen LogP contribution in [0.15, 0.2) is 60.7 Å². The average molecular weight is 579 g/mol. The number of rotatable bonds is 6. The first kappa shape index (κ1) is 19.2. The molecule has 0 spiro atoms. The lowest BCUT2D eigenvalue weighted by Gasteiger charge is -2.09. The maximum atomic E-state index is 2.40. The fourth-order valence-corrected chi connectivity index (χ4v) is 4.80. The van der Waals surface area contributed by atoms with E-state index in [1.165, 1.54) is 72.3 Å². The second-order valence-corrected chi connectivity index (χ2v) is 9.63. The molecule has 3 aromatic carbocycles. The molecule has 0 bridgehead atoms. The third-order valence-electron chi connectivity index (χ3n) is 5.20. The van der Waals surface area contributed by atoms with E-state index in [0.717, 1.165) is 0 Å². The Morgan fingerprint density at radius 3 is 1.85 bits per heavy atom. The van der Waals surface area contributed by atoms with Crippen molar-refractivity contribution in [1.82, 2.24) is 4.57 Å². The Hall–Kier alpha value is -1.08. The summed E-state index contributed by atoms with van der Waals surface area (Å²) in [5.41, 5.74) is 5.25. The zero-order valence-electron chi connectivity index (χ0n) is 15.5. The topological polar surface area (TPSA) is 4.93 Å². The van der Waals surface area contributed by atoms with Crippen molar-refractivity contribution in [2.24, 2.45) is 0 Å². The monoisotopic (exact) mass is 579 g/mol. The van der Waals surface area contributed by atoms with Crippen LogP contribution in [0.2, 0.25) is 0 Å². The Balaban J connectivity index is 1.76. The van der Waals surface area contributed by atoms with Gasteiger partial charge in [-0.1, -0.05) is 38.3 Å². The van der Waals surface area contributed by atoms with Gasteiger partial charge in [-0.3, -0.25) is 0 Å². The van der Waals surface area contributed by atoms with E-state index < -0.39 is 0 Å². The molecule has 0 aliphatic carbocycles. The lowest BCUT2D eigenvalue weighted by molar-refractivity contribution is 0.667. The minimum Gasteiger partial charge on any atom is -0.309 e. The number of aromatic nitrogens is 1. The molecule has 0 saturated carbocycles. The molecule has 1 nitrogen and oxygen atoms in total. The second kappa shape index (κ2) is 8.52. The van der Waals surface area contributed by atoms with E-state index in [-0.39, 0.29) is 0 Å². The summed E-state index contributed by atoms with van der Waals surface area (Å²) in [6.07, 6.45) is 6.45. The van der Waals surface area contributed by atoms with Gasteiger partial charge in [-0.05, 0) is 112 Å². The standard InChI is InChI=1S/C24H23I2N/c1-2-3-4-5-6-17-7-11-20(12-8-17)27-23-13-9-18(25)15-21(23)22-16-19(26)10-14-24(22)27/h7-16H,2-6H2,1H3. The number of benzene rings is 3. The van der Waals surface area contributed by atoms with E-state index in [4.69, 9.17) is 0 Å². The zero-order chi connectivity index (χ0) is 18.8. The van der Waals surface area contributed by atoms with E-state index in [9.17, 15) is 0 Å². The van der Waals surface area contributed by atoms with Gasteiger partial charge >= 0.3 is 0 Å². The quantitative estimate of drug-likeness (QED) is 0.161. The van der Waals surface area contributed by atoms with Crippen LogP contribution in [-0.2, 0) is 6.42 Å². The highest BCUT2D eigenvalue weighted by molar-refractivity contribution is 14.1. The minimum atomic E-state index is 1.18. The van der Waals surface area contributed by atoms with Crippen LogP contribution in [0.3, 0.4) is 0 Å². The van der Waals surface area contributed by atoms with Crippen LogP contribution in [-0.4, -0.2) is 4.57 Å². The van der Waals surface area contributed by atoms with E-state index in [2.05, 4.69) is 117 Å². The van der Waals surface area contributed by atoms with Crippen molar-refractivity contribution in [2.75, 3.05) is 0 Å². The van der Waals surface area contributed by atoms with E-state index >= 15 is 0 Å². The summed E-state index contributed by atoms with van der Waals surface area (Å²) in [6, 6.07) is 22.7. The summed E-state index contributed by atoms with van der Waals surface area (Å²) in [5, 5.41) is 2.66. The normalized spacial score (nSPS) is 11.5. The van der Waals surface area contributed by atoms with Crippen molar-refractivity contribution < 1.29 is 0 Å². The van der Waals surface area contributed by atoms with Crippen molar-refractivity contribution in [2.45, 2.75) is 39.0 Å². The molecular formula is C24H23I2N. The molecule has 138 valence electrons. The van der Waals surface area contributed by atoms with Crippen molar-refractivity contribution >= 4 is 67.0 Å². The van der Waals surface area contributed by atoms with Gasteiger partial charge in [0.15, 0.2) is 0 Å². The van der Waals surface area contributed by atoms with Crippen LogP contribution in [0.25, 0.3) is 27.5 Å². The molecule has 0 aliphatic heterocycles. The molecule has 0 saturated heterocycles. The van der Waals surface area contributed by atoms with Crippen LogP contribution >= 0.6 is 45.2 Å². The molecule has 0 N–H and O–H groups in total. The number of hydrogen-bond donors (Lipinski definition) is 0. The van der Waals surface area contributed by atoms with Gasteiger partial charge < -0.3 is 4.57 Å². The van der Waals surface area contributed by atoms with Crippen molar-refractivity contribution in [3.8, 4) is 5.69 Å². The number of fused-ring (bicyclic) bond motifs is 3. The summed E-state index contributed by atoms with van der Waals surface area (Å²) in [7, 11) is 0. The first-order valence-corrected chi connectivity index (χ1v) is 11.8. The number of hydrogen-bond acceptors (Lipinski definition) is 0. The van der Waals surface area contributed by atoms with E-state index in [1.54, 1.807) is 0 Å². The zero-order valence-corrected chi connectivity index (χ0v) is 19.8. The molecule has 27 heavy (non-hydrogen) atoms. The van der Waals surface area contributed by atoms with Crippen LogP contribution in [0.5, 0.6) is 0 Å². The highest BCUT2D eigenvalue weighted by Crippen LogP contribution is 2.34. The van der Waals surface area contributed by atoms with Crippen molar-refractivity contribution in [3.05, 3.63) is 73.4 Å². The SMILES string of the molecule is CCCCCCc1ccc(-n2c3ccc(I)cc3c3cc(I)ccc32)cc1. The van der Waals surface area contributed by atoms with E-state index in [0.29, 0.717) is 0 Å². The smallest absolute Gasteiger partial charge is 0.0541 e. The molecule has 4 rings (SSSR count). The lowest BCUT2D eigenvalue weighted by Crippen LogP contribution is -1.95. The second-order valence-electron chi connectivity index (χ2n) is 7.14. The summed E-state index contributed by atoms with van der Waals surface area (Å²) >= 11 is 4.81. The van der Waals surface area contributed by atoms with Crippen LogP contribution < -0.4 is 0 Å². The molecule has 0 fully saturated rings. The Bertz CT molecular complexity index is 1020. The van der Waals surface area contributed by atoms with E-state index in [1.807, 2.05) is 0 Å². The van der Waals surface area contributed by atoms with Gasteiger partial charge in [0.05, 0.1) is 11.0 Å². The molecule has 0 atom stereocenters. The Morgan fingerprint density at radius 2 is 1.30 bits per heavy atom. The fraction of sp³-hybridized carbons (Fsp3) is 0.250. The van der Waals surface area contributed by atoms with Gasteiger partial charge in [-0.25, -0.2) is 0 Å². The van der Waals surface area contributed by atoms with Gasteiger partial charge in [0, 0.05) is 23.6 Å². The summed E-state index contributed by atoms with van der Waals surface area (Å²) in [6.45, 7) is 2.27. The predicted molar refractivity (Wildman–Crippen MR) is 134 cm³/mol. The lowest BCUT2D eigenvalue weighted by atomic mass is 10.1. The molecule has 3 heteroatoms. The Labute approximate surface area is 188 Å². The number of unbranched alkanes of at least 4 members (excludes halogenated alkanes) is 3. The fourth-order valence-electron chi connectivity index (χ4n) is 3.81. The Kier molecular flexibility index (Phi) is 6.07. The van der Waals surface area contributed by atoms with Crippen LogP contribution in [0.1, 0.15) is 38.2 Å². The highest BCUT2D eigenvalue weighted by atomic mass is 127. The van der Waals surface area contributed by atoms with Gasteiger partial charge in [-0.2, -0.15) is 0 Å². The molecule has 1 aromatic heterocycles. The number of aryl methyl sites for hydroxylation is 1. The third-order valence-corrected chi connectivity index (χ3v) is 6.54. The molecule has 0 radical (unpaired) electrons. The number of halogens is 2. The average Bonchev–Trinajstić information content (AvgIpc) is 2.99. The molecule has 0 unspecified atom stereocenters. The molecule has 0 aliphatic rings. The van der Waals surface area contributed by atoms with Crippen molar-refractivity contribution in [3.63, 3.8) is 0 Å². The van der Waals surface area contributed by atoms with Crippen LogP contribution in [0, 0.1) is 7.14 Å². The van der Waals surface area contributed by atoms with Gasteiger partial charge in [-0.15, -0.1) is 0 Å². The van der Waals surface area contributed by atoms with Gasteiger partial charge in [0.2, 0.25) is 0 Å². The third kappa shape index (κ3) is 4.04. The highest BCUT2D eigenvalue weighted by Gasteiger charge is 2.13. The molecule has 4 aromatic rings. The summed E-state index contributed by atoms with van der Waals surface area (Å²) in [4.78, 5) is 0. The summed E-state index contributed by atoms with van der Waals surface area (Å²) in [5.74, 6) is 0. The maximum absolute atomic E-state index is 2.40. The Morgan fingerprint density at radius 1 is 0.704 bits per heavy atom. The van der Waals surface area contributed by atoms with Gasteiger partial charge in [0.1, 0.15) is 0 Å². The predicted octanol–water partition coefficient (Wildman–Crippen LogP) is 8.12.